The van der Waals surface area contributed by atoms with Crippen molar-refractivity contribution in [2.24, 2.45) is 0 Å². The van der Waals surface area contributed by atoms with Crippen LogP contribution in [0.4, 0.5) is 10.1 Å². The molecule has 1 atom stereocenters. The molecule has 84 valence electrons. The molecule has 0 amide bonds. The van der Waals surface area contributed by atoms with Crippen molar-refractivity contribution in [3.05, 3.63) is 27.4 Å². The largest absolute Gasteiger partial charge is 0.390 e. The first-order chi connectivity index (χ1) is 7.04. The highest BCUT2D eigenvalue weighted by Crippen LogP contribution is 2.29. The van der Waals surface area contributed by atoms with Gasteiger partial charge in [-0.05, 0) is 28.1 Å². The average Bonchev–Trinajstić information content (AvgIpc) is 2.15. The van der Waals surface area contributed by atoms with Gasteiger partial charge in [-0.25, -0.2) is 4.39 Å². The molecule has 0 saturated heterocycles. The summed E-state index contributed by atoms with van der Waals surface area (Å²) in [6, 6.07) is 2.77. The van der Waals surface area contributed by atoms with Crippen LogP contribution in [0.1, 0.15) is 0 Å². The molecule has 0 saturated carbocycles. The first-order valence-electron chi connectivity index (χ1n) is 4.17. The zero-order valence-corrected chi connectivity index (χ0v) is 10.7. The summed E-state index contributed by atoms with van der Waals surface area (Å²) in [7, 11) is 0. The number of hydrogen-bond donors (Lipinski definition) is 2. The first kappa shape index (κ1) is 13.0. The second kappa shape index (κ2) is 5.89. The van der Waals surface area contributed by atoms with E-state index in [2.05, 4.69) is 21.2 Å². The molecule has 0 heterocycles. The molecule has 2 nitrogen and oxygen atoms in total. The molecule has 1 rings (SSSR count). The summed E-state index contributed by atoms with van der Waals surface area (Å²) >= 11 is 14.2. The number of halogens is 4. The van der Waals surface area contributed by atoms with Crippen LogP contribution in [-0.2, 0) is 0 Å². The molecular weight excluding hydrogens is 308 g/mol. The van der Waals surface area contributed by atoms with E-state index >= 15 is 0 Å². The topological polar surface area (TPSA) is 32.3 Å². The number of anilines is 1. The normalized spacial score (nSPS) is 12.6. The van der Waals surface area contributed by atoms with Crippen LogP contribution in [-0.4, -0.2) is 23.6 Å². The molecule has 6 heteroatoms. The number of hydrogen-bond acceptors (Lipinski definition) is 2. The Bertz CT molecular complexity index is 328. The van der Waals surface area contributed by atoms with Crippen LogP contribution in [0.3, 0.4) is 0 Å². The van der Waals surface area contributed by atoms with Crippen molar-refractivity contribution in [1.29, 1.82) is 0 Å². The monoisotopic (exact) mass is 315 g/mol. The van der Waals surface area contributed by atoms with Gasteiger partial charge in [-0.1, -0.05) is 11.6 Å². The van der Waals surface area contributed by atoms with Crippen LogP contribution in [0.5, 0.6) is 0 Å². The molecule has 1 unspecified atom stereocenters. The first-order valence-corrected chi connectivity index (χ1v) is 5.87. The average molecular weight is 317 g/mol. The summed E-state index contributed by atoms with van der Waals surface area (Å²) < 4.78 is 13.9. The van der Waals surface area contributed by atoms with Gasteiger partial charge >= 0.3 is 0 Å². The van der Waals surface area contributed by atoms with E-state index in [1.165, 1.54) is 6.07 Å². The summed E-state index contributed by atoms with van der Waals surface area (Å²) in [6.45, 7) is 0.181. The molecule has 0 aliphatic carbocycles. The Balaban J connectivity index is 2.77. The van der Waals surface area contributed by atoms with Crippen molar-refractivity contribution in [3.63, 3.8) is 0 Å². The maximum Gasteiger partial charge on any atom is 0.148 e. The Morgan fingerprint density at radius 3 is 2.73 bits per heavy atom. The minimum Gasteiger partial charge on any atom is -0.390 e. The Kier molecular flexibility index (Phi) is 5.12. The molecule has 15 heavy (non-hydrogen) atoms. The number of aliphatic hydroxyl groups excluding tert-OH is 1. The van der Waals surface area contributed by atoms with E-state index in [4.69, 9.17) is 23.2 Å². The zero-order valence-electron chi connectivity index (χ0n) is 7.61. The van der Waals surface area contributed by atoms with E-state index in [0.29, 0.717) is 9.50 Å². The summed E-state index contributed by atoms with van der Waals surface area (Å²) in [5.74, 6) is -0.379. The quantitative estimate of drug-likeness (QED) is 0.836. The Morgan fingerprint density at radius 2 is 2.20 bits per heavy atom. The van der Waals surface area contributed by atoms with E-state index in [-0.39, 0.29) is 18.1 Å². The van der Waals surface area contributed by atoms with Crippen molar-refractivity contribution in [2.45, 2.75) is 6.10 Å². The molecule has 1 aromatic carbocycles. The van der Waals surface area contributed by atoms with Crippen LogP contribution in [0, 0.1) is 5.82 Å². The smallest absolute Gasteiger partial charge is 0.148 e. The van der Waals surface area contributed by atoms with E-state index < -0.39 is 11.9 Å². The SMILES string of the molecule is OC(CCl)CNc1c(F)cc(Cl)cc1Br. The summed E-state index contributed by atoms with van der Waals surface area (Å²) in [6.07, 6.45) is -0.714. The third-order valence-corrected chi connectivity index (χ3v) is 2.90. The maximum absolute atomic E-state index is 13.4. The summed E-state index contributed by atoms with van der Waals surface area (Å²) in [5.41, 5.74) is 0.267. The lowest BCUT2D eigenvalue weighted by molar-refractivity contribution is 0.211. The highest BCUT2D eigenvalue weighted by molar-refractivity contribution is 9.10. The van der Waals surface area contributed by atoms with E-state index in [9.17, 15) is 9.50 Å². The van der Waals surface area contributed by atoms with Crippen molar-refractivity contribution in [3.8, 4) is 0 Å². The number of alkyl halides is 1. The molecule has 0 radical (unpaired) electrons. The molecule has 0 bridgehead atoms. The maximum atomic E-state index is 13.4. The molecule has 0 spiro atoms. The van der Waals surface area contributed by atoms with Gasteiger partial charge in [0.15, 0.2) is 0 Å². The Labute approximate surface area is 106 Å². The van der Waals surface area contributed by atoms with Crippen LogP contribution in [0.15, 0.2) is 16.6 Å². The fraction of sp³-hybridized carbons (Fsp3) is 0.333. The van der Waals surface area contributed by atoms with Crippen LogP contribution >= 0.6 is 39.1 Å². The summed E-state index contributed by atoms with van der Waals surface area (Å²) in [4.78, 5) is 0. The fourth-order valence-corrected chi connectivity index (χ4v) is 2.01. The van der Waals surface area contributed by atoms with E-state index in [1.54, 1.807) is 6.07 Å². The van der Waals surface area contributed by atoms with E-state index in [1.807, 2.05) is 0 Å². The van der Waals surface area contributed by atoms with Crippen LogP contribution in [0.2, 0.25) is 5.02 Å². The standard InChI is InChI=1S/C9H9BrCl2FNO/c10-7-1-5(12)2-8(13)9(7)14-4-6(15)3-11/h1-2,6,14-15H,3-4H2. The second-order valence-corrected chi connectivity index (χ2v) is 4.53. The second-order valence-electron chi connectivity index (χ2n) is 2.93. The lowest BCUT2D eigenvalue weighted by Gasteiger charge is -2.12. The molecule has 0 aliphatic heterocycles. The third-order valence-electron chi connectivity index (χ3n) is 1.70. The molecule has 1 aromatic rings. The van der Waals surface area contributed by atoms with Crippen LogP contribution in [0.25, 0.3) is 0 Å². The minimum absolute atomic E-state index is 0.0971. The number of nitrogens with one attached hydrogen (secondary N) is 1. The van der Waals surface area contributed by atoms with Crippen molar-refractivity contribution < 1.29 is 9.50 Å². The number of benzene rings is 1. The van der Waals surface area contributed by atoms with Gasteiger partial charge in [0.2, 0.25) is 0 Å². The highest BCUT2D eigenvalue weighted by atomic mass is 79.9. The third kappa shape index (κ3) is 3.79. The number of aliphatic hydroxyl groups is 1. The summed E-state index contributed by atoms with van der Waals surface area (Å²) in [5, 5.41) is 12.2. The van der Waals surface area contributed by atoms with Gasteiger partial charge in [0, 0.05) is 16.0 Å². The Morgan fingerprint density at radius 1 is 1.53 bits per heavy atom. The van der Waals surface area contributed by atoms with Gasteiger partial charge in [0.05, 0.1) is 17.7 Å². The highest BCUT2D eigenvalue weighted by Gasteiger charge is 2.10. The zero-order chi connectivity index (χ0) is 11.4. The lowest BCUT2D eigenvalue weighted by atomic mass is 10.3. The predicted molar refractivity (Wildman–Crippen MR) is 64.3 cm³/mol. The molecule has 0 aliphatic rings. The number of rotatable bonds is 4. The van der Waals surface area contributed by atoms with Crippen LogP contribution < -0.4 is 5.32 Å². The molecule has 0 fully saturated rings. The van der Waals surface area contributed by atoms with Gasteiger partial charge in [0.25, 0.3) is 0 Å². The van der Waals surface area contributed by atoms with Gasteiger partial charge in [-0.15, -0.1) is 11.6 Å². The predicted octanol–water partition coefficient (Wildman–Crippen LogP) is 3.25. The van der Waals surface area contributed by atoms with Gasteiger partial charge in [-0.2, -0.15) is 0 Å². The van der Waals surface area contributed by atoms with E-state index in [0.717, 1.165) is 0 Å². The van der Waals surface area contributed by atoms with Gasteiger partial charge in [0.1, 0.15) is 5.82 Å². The van der Waals surface area contributed by atoms with Gasteiger partial charge < -0.3 is 10.4 Å². The molecular formula is C9H9BrCl2FNO. The van der Waals surface area contributed by atoms with Crippen molar-refractivity contribution in [1.82, 2.24) is 0 Å². The van der Waals surface area contributed by atoms with Crippen molar-refractivity contribution in [2.75, 3.05) is 17.7 Å². The lowest BCUT2D eigenvalue weighted by Crippen LogP contribution is -2.21. The van der Waals surface area contributed by atoms with Crippen molar-refractivity contribution >= 4 is 44.8 Å². The molecule has 0 aromatic heterocycles. The van der Waals surface area contributed by atoms with Gasteiger partial charge in [-0.3, -0.25) is 0 Å². The fourth-order valence-electron chi connectivity index (χ4n) is 0.986. The Hall–Kier alpha value is -0.0300. The molecule has 2 N–H and O–H groups in total. The minimum atomic E-state index is -0.714.